The molecule has 192 valence electrons. The molecule has 2 aliphatic heterocycles. The normalized spacial score (nSPS) is 18.9. The fraction of sp³-hybridized carbons (Fsp3) is 0.520. The van der Waals surface area contributed by atoms with Crippen LogP contribution in [0, 0.1) is 0 Å². The van der Waals surface area contributed by atoms with E-state index in [1.54, 1.807) is 24.3 Å². The van der Waals surface area contributed by atoms with Gasteiger partial charge in [-0.25, -0.2) is 8.42 Å². The number of sulfonamides is 1. The molecule has 0 amide bonds. The fourth-order valence-electron chi connectivity index (χ4n) is 4.35. The lowest BCUT2D eigenvalue weighted by molar-refractivity contribution is 0.0662. The van der Waals surface area contributed by atoms with Gasteiger partial charge in [0.2, 0.25) is 10.0 Å². The molecular weight excluding hydrogens is 470 g/mol. The summed E-state index contributed by atoms with van der Waals surface area (Å²) in [6, 6.07) is 14.5. The van der Waals surface area contributed by atoms with Gasteiger partial charge in [0.25, 0.3) is 0 Å². The molecule has 2 aromatic rings. The van der Waals surface area contributed by atoms with E-state index >= 15 is 0 Å². The maximum atomic E-state index is 12.7. The van der Waals surface area contributed by atoms with Crippen molar-refractivity contribution in [2.45, 2.75) is 17.9 Å². The Morgan fingerprint density at radius 1 is 0.943 bits per heavy atom. The number of aliphatic hydroxyl groups excluding tert-OH is 1. The van der Waals surface area contributed by atoms with Crippen molar-refractivity contribution in [3.05, 3.63) is 48.5 Å². The van der Waals surface area contributed by atoms with Crippen molar-refractivity contribution in [1.82, 2.24) is 9.21 Å². The van der Waals surface area contributed by atoms with E-state index in [9.17, 15) is 13.5 Å². The summed E-state index contributed by atoms with van der Waals surface area (Å²) in [6.07, 6.45) is -0.644. The van der Waals surface area contributed by atoms with Gasteiger partial charge in [-0.3, -0.25) is 4.90 Å². The fourth-order valence-corrected chi connectivity index (χ4v) is 5.76. The van der Waals surface area contributed by atoms with Gasteiger partial charge in [0.15, 0.2) is 0 Å². The minimum atomic E-state index is -3.53. The van der Waals surface area contributed by atoms with Crippen LogP contribution < -0.4 is 14.4 Å². The first kappa shape index (κ1) is 25.7. The second kappa shape index (κ2) is 12.0. The van der Waals surface area contributed by atoms with Crippen LogP contribution in [0.2, 0.25) is 0 Å². The molecule has 0 aliphatic carbocycles. The third-order valence-electron chi connectivity index (χ3n) is 6.22. The summed E-state index contributed by atoms with van der Waals surface area (Å²) in [5.74, 6) is 1.43. The van der Waals surface area contributed by atoms with Gasteiger partial charge in [0.05, 0.1) is 30.4 Å². The highest BCUT2D eigenvalue weighted by molar-refractivity contribution is 7.89. The monoisotopic (exact) mass is 505 g/mol. The summed E-state index contributed by atoms with van der Waals surface area (Å²) < 4.78 is 43.6. The first-order valence-electron chi connectivity index (χ1n) is 12.2. The standard InChI is InChI=1S/C25H35N3O6S/c1-2-33-25-6-4-3-5-24(25)27-13-11-26(12-14-27)19-21(29)20-34-22-7-9-23(10-8-22)35(30,31)28-15-17-32-18-16-28/h3-10,21,29H,2,11-20H2,1H3. The Labute approximate surface area is 207 Å². The molecule has 35 heavy (non-hydrogen) atoms. The average Bonchev–Trinajstić information content (AvgIpc) is 2.89. The van der Waals surface area contributed by atoms with Crippen LogP contribution in [0.25, 0.3) is 0 Å². The van der Waals surface area contributed by atoms with Crippen LogP contribution in [0.1, 0.15) is 6.92 Å². The Balaban J connectivity index is 1.22. The predicted octanol–water partition coefficient (Wildman–Crippen LogP) is 1.67. The van der Waals surface area contributed by atoms with E-state index in [0.717, 1.165) is 37.6 Å². The summed E-state index contributed by atoms with van der Waals surface area (Å²) in [6.45, 7) is 8.22. The minimum absolute atomic E-state index is 0.142. The van der Waals surface area contributed by atoms with Gasteiger partial charge in [-0.2, -0.15) is 4.31 Å². The number of piperazine rings is 1. The number of benzene rings is 2. The van der Waals surface area contributed by atoms with Gasteiger partial charge in [0.1, 0.15) is 24.2 Å². The average molecular weight is 506 g/mol. The lowest BCUT2D eigenvalue weighted by atomic mass is 10.2. The number of aliphatic hydroxyl groups is 1. The Morgan fingerprint density at radius 3 is 2.31 bits per heavy atom. The summed E-state index contributed by atoms with van der Waals surface area (Å²) >= 11 is 0. The topological polar surface area (TPSA) is 91.8 Å². The number of anilines is 1. The lowest BCUT2D eigenvalue weighted by Crippen LogP contribution is -2.49. The molecule has 2 aromatic carbocycles. The molecule has 0 saturated carbocycles. The summed E-state index contributed by atoms with van der Waals surface area (Å²) in [5, 5.41) is 10.5. The molecule has 0 spiro atoms. The van der Waals surface area contributed by atoms with Crippen molar-refractivity contribution in [3.63, 3.8) is 0 Å². The van der Waals surface area contributed by atoms with Gasteiger partial charge < -0.3 is 24.2 Å². The molecule has 1 N–H and O–H groups in total. The van der Waals surface area contributed by atoms with E-state index in [0.29, 0.717) is 45.2 Å². The van der Waals surface area contributed by atoms with Crippen molar-refractivity contribution in [2.24, 2.45) is 0 Å². The third-order valence-corrected chi connectivity index (χ3v) is 8.13. The number of hydrogen-bond donors (Lipinski definition) is 1. The largest absolute Gasteiger partial charge is 0.492 e. The quantitative estimate of drug-likeness (QED) is 0.522. The zero-order chi connectivity index (χ0) is 24.7. The maximum absolute atomic E-state index is 12.7. The smallest absolute Gasteiger partial charge is 0.243 e. The summed E-state index contributed by atoms with van der Waals surface area (Å²) in [4.78, 5) is 4.78. The molecule has 1 atom stereocenters. The Morgan fingerprint density at radius 2 is 1.63 bits per heavy atom. The first-order valence-corrected chi connectivity index (χ1v) is 13.6. The number of rotatable bonds is 10. The molecule has 0 aromatic heterocycles. The van der Waals surface area contributed by atoms with Crippen LogP contribution in [0.15, 0.2) is 53.4 Å². The molecule has 2 heterocycles. The van der Waals surface area contributed by atoms with Crippen LogP contribution in [-0.2, 0) is 14.8 Å². The summed E-state index contributed by atoms with van der Waals surface area (Å²) in [7, 11) is -3.53. The van der Waals surface area contributed by atoms with Gasteiger partial charge in [0, 0.05) is 45.8 Å². The van der Waals surface area contributed by atoms with Crippen LogP contribution in [0.3, 0.4) is 0 Å². The second-order valence-corrected chi connectivity index (χ2v) is 10.6. The predicted molar refractivity (Wildman–Crippen MR) is 134 cm³/mol. The Kier molecular flexibility index (Phi) is 8.85. The van der Waals surface area contributed by atoms with E-state index in [-0.39, 0.29) is 11.5 Å². The molecule has 4 rings (SSSR count). The molecule has 10 heteroatoms. The molecule has 1 unspecified atom stereocenters. The van der Waals surface area contributed by atoms with Crippen LogP contribution in [0.4, 0.5) is 5.69 Å². The van der Waals surface area contributed by atoms with Crippen molar-refractivity contribution in [2.75, 3.05) is 77.1 Å². The lowest BCUT2D eigenvalue weighted by Gasteiger charge is -2.37. The van der Waals surface area contributed by atoms with Crippen molar-refractivity contribution >= 4 is 15.7 Å². The number of ether oxygens (including phenoxy) is 3. The van der Waals surface area contributed by atoms with Crippen LogP contribution in [-0.4, -0.2) is 101 Å². The van der Waals surface area contributed by atoms with Gasteiger partial charge in [-0.1, -0.05) is 12.1 Å². The first-order chi connectivity index (χ1) is 17.0. The highest BCUT2D eigenvalue weighted by Gasteiger charge is 2.26. The molecule has 0 radical (unpaired) electrons. The van der Waals surface area contributed by atoms with Gasteiger partial charge in [-0.15, -0.1) is 0 Å². The Bertz CT molecular complexity index is 1040. The highest BCUT2D eigenvalue weighted by Crippen LogP contribution is 2.29. The molecule has 9 nitrogen and oxygen atoms in total. The van der Waals surface area contributed by atoms with E-state index < -0.39 is 16.1 Å². The van der Waals surface area contributed by atoms with Crippen molar-refractivity contribution < 1.29 is 27.7 Å². The van der Waals surface area contributed by atoms with Gasteiger partial charge in [-0.05, 0) is 43.3 Å². The second-order valence-electron chi connectivity index (χ2n) is 8.64. The zero-order valence-corrected chi connectivity index (χ0v) is 21.0. The molecule has 2 fully saturated rings. The van der Waals surface area contributed by atoms with E-state index in [4.69, 9.17) is 14.2 Å². The SMILES string of the molecule is CCOc1ccccc1N1CCN(CC(O)COc2ccc(S(=O)(=O)N3CCOCC3)cc2)CC1. The minimum Gasteiger partial charge on any atom is -0.492 e. The van der Waals surface area contributed by atoms with E-state index in [1.807, 2.05) is 25.1 Å². The summed E-state index contributed by atoms with van der Waals surface area (Å²) in [5.41, 5.74) is 1.11. The molecule has 0 bridgehead atoms. The highest BCUT2D eigenvalue weighted by atomic mass is 32.2. The molecule has 2 aliphatic rings. The van der Waals surface area contributed by atoms with E-state index in [2.05, 4.69) is 15.9 Å². The van der Waals surface area contributed by atoms with Crippen LogP contribution >= 0.6 is 0 Å². The van der Waals surface area contributed by atoms with Gasteiger partial charge >= 0.3 is 0 Å². The number of hydrogen-bond acceptors (Lipinski definition) is 8. The molecular formula is C25H35N3O6S. The molecule has 2 saturated heterocycles. The number of para-hydroxylation sites is 2. The number of morpholine rings is 1. The zero-order valence-electron chi connectivity index (χ0n) is 20.2. The maximum Gasteiger partial charge on any atom is 0.243 e. The Hall–Kier alpha value is -2.37. The number of nitrogens with zero attached hydrogens (tertiary/aromatic N) is 3. The van der Waals surface area contributed by atoms with Crippen LogP contribution in [0.5, 0.6) is 11.5 Å². The van der Waals surface area contributed by atoms with Crippen molar-refractivity contribution in [3.8, 4) is 11.5 Å². The number of β-amino-alcohol motifs (C(OH)–C–C–N with tert-alkyl or cyclic N) is 1. The van der Waals surface area contributed by atoms with Crippen molar-refractivity contribution in [1.29, 1.82) is 0 Å². The van der Waals surface area contributed by atoms with E-state index in [1.165, 1.54) is 4.31 Å². The third kappa shape index (κ3) is 6.65.